The van der Waals surface area contributed by atoms with Gasteiger partial charge in [0.2, 0.25) is 9.84 Å². The van der Waals surface area contributed by atoms with Crippen molar-refractivity contribution in [2.45, 2.75) is 33.7 Å². The molecule has 0 aliphatic heterocycles. The van der Waals surface area contributed by atoms with Crippen LogP contribution in [0.5, 0.6) is 5.75 Å². The fourth-order valence-electron chi connectivity index (χ4n) is 3.59. The van der Waals surface area contributed by atoms with E-state index in [1.807, 2.05) is 0 Å². The molecule has 0 fully saturated rings. The minimum Gasteiger partial charge on any atom is -0.480 e. The minimum absolute atomic E-state index is 0.0292. The standard InChI is InChI=1S/C24H21F3N2O7S3/c1-12-6-15(36-23(32)24(25,26)27)7-14(10-35-11-19(30)31)20(12)13-4-3-5-16(8-13)39(33,34)18-9-17(21(28)29)38-22(18)37-2/h3-9H,10-11H2,1-2H3,(H3,28,29)(H,30,31). The second-order valence-corrected chi connectivity index (χ2v) is 12.0. The van der Waals surface area contributed by atoms with Crippen LogP contribution in [-0.2, 0) is 30.8 Å². The lowest BCUT2D eigenvalue weighted by Crippen LogP contribution is -2.28. The molecular formula is C24H21F3N2O7S3. The Kier molecular flexibility index (Phi) is 9.10. The Bertz CT molecular complexity index is 1550. The van der Waals surface area contributed by atoms with Crippen molar-refractivity contribution < 1.29 is 45.8 Å². The van der Waals surface area contributed by atoms with E-state index in [0.29, 0.717) is 20.9 Å². The van der Waals surface area contributed by atoms with E-state index in [2.05, 4.69) is 4.74 Å². The number of nitrogens with one attached hydrogen (secondary N) is 1. The van der Waals surface area contributed by atoms with Gasteiger partial charge in [0, 0.05) is 0 Å². The molecule has 2 aromatic carbocycles. The summed E-state index contributed by atoms with van der Waals surface area (Å²) in [5, 5.41) is 16.5. The molecule has 1 aromatic heterocycles. The van der Waals surface area contributed by atoms with Gasteiger partial charge < -0.3 is 20.3 Å². The van der Waals surface area contributed by atoms with E-state index in [0.717, 1.165) is 17.4 Å². The number of carboxylic acids is 1. The van der Waals surface area contributed by atoms with E-state index in [4.69, 9.17) is 21.0 Å². The van der Waals surface area contributed by atoms with Gasteiger partial charge in [-0.15, -0.1) is 23.1 Å². The summed E-state index contributed by atoms with van der Waals surface area (Å²) in [6.45, 7) is 0.402. The lowest BCUT2D eigenvalue weighted by atomic mass is 9.95. The highest BCUT2D eigenvalue weighted by molar-refractivity contribution is 8.01. The van der Waals surface area contributed by atoms with Crippen molar-refractivity contribution in [1.82, 2.24) is 0 Å². The van der Waals surface area contributed by atoms with Crippen molar-refractivity contribution in [1.29, 1.82) is 5.41 Å². The maximum atomic E-state index is 13.5. The molecule has 0 unspecified atom stereocenters. The van der Waals surface area contributed by atoms with Crippen LogP contribution in [0.3, 0.4) is 0 Å². The summed E-state index contributed by atoms with van der Waals surface area (Å²) in [5.41, 5.74) is 6.70. The zero-order valence-electron chi connectivity index (χ0n) is 20.3. The molecule has 208 valence electrons. The van der Waals surface area contributed by atoms with Gasteiger partial charge in [-0.25, -0.2) is 18.0 Å². The van der Waals surface area contributed by atoms with Crippen LogP contribution in [0.15, 0.2) is 56.5 Å². The number of carbonyl (C=O) groups is 2. The third kappa shape index (κ3) is 6.98. The van der Waals surface area contributed by atoms with E-state index in [1.165, 1.54) is 49.0 Å². The number of esters is 1. The first-order chi connectivity index (χ1) is 18.1. The first-order valence-corrected chi connectivity index (χ1v) is 14.3. The number of aliphatic carboxylic acids is 1. The highest BCUT2D eigenvalue weighted by atomic mass is 32.2. The molecule has 0 aliphatic carbocycles. The van der Waals surface area contributed by atoms with Crippen LogP contribution < -0.4 is 10.5 Å². The Morgan fingerprint density at radius 3 is 2.46 bits per heavy atom. The quantitative estimate of drug-likeness (QED) is 0.0989. The van der Waals surface area contributed by atoms with Crippen LogP contribution in [0, 0.1) is 12.3 Å². The third-order valence-electron chi connectivity index (χ3n) is 5.16. The molecule has 15 heteroatoms. The fraction of sp³-hybridized carbons (Fsp3) is 0.208. The largest absolute Gasteiger partial charge is 0.491 e. The zero-order chi connectivity index (χ0) is 29.1. The second kappa shape index (κ2) is 11.8. The molecule has 0 bridgehead atoms. The Balaban J connectivity index is 2.12. The molecule has 39 heavy (non-hydrogen) atoms. The van der Waals surface area contributed by atoms with Crippen LogP contribution in [0.2, 0.25) is 0 Å². The number of sulfone groups is 1. The fourth-order valence-corrected chi connectivity index (χ4v) is 7.49. The van der Waals surface area contributed by atoms with Gasteiger partial charge in [0.1, 0.15) is 18.2 Å². The van der Waals surface area contributed by atoms with Crippen molar-refractivity contribution in [3.63, 3.8) is 0 Å². The predicted octanol–water partition coefficient (Wildman–Crippen LogP) is 4.63. The number of alkyl halides is 3. The van der Waals surface area contributed by atoms with Crippen molar-refractivity contribution in [2.24, 2.45) is 5.73 Å². The van der Waals surface area contributed by atoms with Crippen molar-refractivity contribution in [3.05, 3.63) is 58.5 Å². The average molecular weight is 603 g/mol. The van der Waals surface area contributed by atoms with Gasteiger partial charge in [-0.3, -0.25) is 5.41 Å². The van der Waals surface area contributed by atoms with E-state index in [-0.39, 0.29) is 32.7 Å². The van der Waals surface area contributed by atoms with Gasteiger partial charge >= 0.3 is 18.1 Å². The molecular weight excluding hydrogens is 581 g/mol. The molecule has 0 saturated carbocycles. The monoisotopic (exact) mass is 602 g/mol. The number of amidine groups is 1. The molecule has 0 radical (unpaired) electrons. The average Bonchev–Trinajstić information content (AvgIpc) is 3.29. The summed E-state index contributed by atoms with van der Waals surface area (Å²) in [7, 11) is -4.09. The molecule has 3 aromatic rings. The molecule has 9 nitrogen and oxygen atoms in total. The molecule has 3 rings (SSSR count). The van der Waals surface area contributed by atoms with Crippen LogP contribution in [-0.4, -0.2) is 50.3 Å². The summed E-state index contributed by atoms with van der Waals surface area (Å²) >= 11 is 2.24. The maximum Gasteiger partial charge on any atom is 0.491 e. The number of benzene rings is 2. The molecule has 1 heterocycles. The van der Waals surface area contributed by atoms with Crippen molar-refractivity contribution >= 4 is 50.7 Å². The van der Waals surface area contributed by atoms with Crippen LogP contribution >= 0.6 is 23.1 Å². The van der Waals surface area contributed by atoms with Crippen LogP contribution in [0.1, 0.15) is 16.0 Å². The lowest BCUT2D eigenvalue weighted by Gasteiger charge is -2.17. The number of thiophene rings is 1. The SMILES string of the molecule is CSc1sc(C(=N)N)cc1S(=O)(=O)c1cccc(-c2c(C)cc(OC(=O)C(F)(F)F)cc2COCC(=O)O)c1. The Morgan fingerprint density at radius 1 is 1.18 bits per heavy atom. The van der Waals surface area contributed by atoms with Gasteiger partial charge in [0.15, 0.2) is 0 Å². The number of rotatable bonds is 10. The topological polar surface area (TPSA) is 157 Å². The summed E-state index contributed by atoms with van der Waals surface area (Å²) in [5.74, 6) is -4.45. The normalized spacial score (nSPS) is 11.8. The van der Waals surface area contributed by atoms with Crippen LogP contribution in [0.4, 0.5) is 13.2 Å². The molecule has 4 N–H and O–H groups in total. The van der Waals surface area contributed by atoms with Gasteiger partial charge in [0.05, 0.1) is 25.5 Å². The number of halogens is 3. The minimum atomic E-state index is -5.24. The second-order valence-electron chi connectivity index (χ2n) is 7.96. The molecule has 0 saturated heterocycles. The molecule has 0 spiro atoms. The van der Waals surface area contributed by atoms with Crippen molar-refractivity contribution in [3.8, 4) is 16.9 Å². The van der Waals surface area contributed by atoms with Gasteiger partial charge in [0.25, 0.3) is 0 Å². The number of nitrogen functional groups attached to an aromatic ring is 1. The number of thioether (sulfide) groups is 1. The smallest absolute Gasteiger partial charge is 0.480 e. The predicted molar refractivity (Wildman–Crippen MR) is 138 cm³/mol. The zero-order valence-corrected chi connectivity index (χ0v) is 22.7. The molecule has 0 atom stereocenters. The summed E-state index contributed by atoms with van der Waals surface area (Å²) in [6.07, 6.45) is -3.56. The number of nitrogens with two attached hydrogens (primary N) is 1. The van der Waals surface area contributed by atoms with Gasteiger partial charge in [-0.05, 0) is 65.8 Å². The summed E-state index contributed by atoms with van der Waals surface area (Å²) in [6, 6.07) is 9.34. The first-order valence-electron chi connectivity index (χ1n) is 10.7. The summed E-state index contributed by atoms with van der Waals surface area (Å²) in [4.78, 5) is 22.4. The Hall–Kier alpha value is -3.40. The third-order valence-corrected chi connectivity index (χ3v) is 9.49. The lowest BCUT2D eigenvalue weighted by molar-refractivity contribution is -0.189. The highest BCUT2D eigenvalue weighted by Gasteiger charge is 2.41. The molecule has 0 aliphatic rings. The van der Waals surface area contributed by atoms with E-state index in [9.17, 15) is 31.2 Å². The van der Waals surface area contributed by atoms with Crippen molar-refractivity contribution in [2.75, 3.05) is 12.9 Å². The first kappa shape index (κ1) is 30.1. The van der Waals surface area contributed by atoms with Gasteiger partial charge in [-0.2, -0.15) is 13.2 Å². The number of aryl methyl sites for hydroxylation is 1. The van der Waals surface area contributed by atoms with E-state index in [1.54, 1.807) is 12.3 Å². The number of ether oxygens (including phenoxy) is 2. The molecule has 0 amide bonds. The highest BCUT2D eigenvalue weighted by Crippen LogP contribution is 2.39. The number of carboxylic acid groups (broad SMARTS) is 1. The van der Waals surface area contributed by atoms with Gasteiger partial charge in [-0.1, -0.05) is 12.1 Å². The van der Waals surface area contributed by atoms with E-state index < -0.39 is 40.3 Å². The number of hydrogen-bond acceptors (Lipinski definition) is 9. The maximum absolute atomic E-state index is 13.5. The number of hydrogen-bond donors (Lipinski definition) is 3. The van der Waals surface area contributed by atoms with Crippen LogP contribution in [0.25, 0.3) is 11.1 Å². The summed E-state index contributed by atoms with van der Waals surface area (Å²) < 4.78 is 75.3. The Labute approximate surface area is 229 Å². The number of carbonyl (C=O) groups excluding carboxylic acids is 1. The van der Waals surface area contributed by atoms with E-state index >= 15 is 0 Å². The Morgan fingerprint density at radius 2 is 1.87 bits per heavy atom.